The number of urea groups is 1. The molecule has 2 amide bonds. The van der Waals surface area contributed by atoms with Gasteiger partial charge in [-0.05, 0) is 25.0 Å². The summed E-state index contributed by atoms with van der Waals surface area (Å²) in [7, 11) is 3.09. The number of rotatable bonds is 5. The first kappa shape index (κ1) is 19.1. The van der Waals surface area contributed by atoms with E-state index in [2.05, 4.69) is 10.3 Å². The van der Waals surface area contributed by atoms with Crippen LogP contribution in [0.15, 0.2) is 36.7 Å². The Kier molecular flexibility index (Phi) is 6.24. The Labute approximate surface area is 163 Å². The average molecular weight is 392 g/mol. The Morgan fingerprint density at radius 3 is 2.85 bits per heavy atom. The maximum Gasteiger partial charge on any atom is 0.322 e. The van der Waals surface area contributed by atoms with Crippen LogP contribution in [-0.2, 0) is 0 Å². The summed E-state index contributed by atoms with van der Waals surface area (Å²) in [6.07, 6.45) is 4.74. The zero-order valence-corrected chi connectivity index (χ0v) is 16.0. The van der Waals surface area contributed by atoms with Crippen LogP contribution in [0.3, 0.4) is 0 Å². The molecule has 8 heteroatoms. The molecule has 1 N–H and O–H groups in total. The third-order valence-corrected chi connectivity index (χ3v) is 4.62. The second kappa shape index (κ2) is 8.81. The first-order valence-corrected chi connectivity index (χ1v) is 9.03. The molecule has 0 spiro atoms. The van der Waals surface area contributed by atoms with E-state index < -0.39 is 0 Å². The molecule has 1 aromatic carbocycles. The molecule has 27 heavy (non-hydrogen) atoms. The molecule has 0 radical (unpaired) electrons. The molecule has 0 aliphatic carbocycles. The first-order chi connectivity index (χ1) is 13.1. The van der Waals surface area contributed by atoms with E-state index in [1.807, 2.05) is 0 Å². The highest BCUT2D eigenvalue weighted by Gasteiger charge is 2.26. The molecule has 144 valence electrons. The molecule has 1 aliphatic rings. The summed E-state index contributed by atoms with van der Waals surface area (Å²) in [6, 6.07) is 6.86. The van der Waals surface area contributed by atoms with Crippen molar-refractivity contribution in [1.82, 2.24) is 9.88 Å². The van der Waals surface area contributed by atoms with Crippen LogP contribution in [-0.4, -0.2) is 49.3 Å². The number of ether oxygens (including phenoxy) is 3. The van der Waals surface area contributed by atoms with Crippen molar-refractivity contribution in [3.8, 4) is 17.2 Å². The fraction of sp³-hybridized carbons (Fsp3) is 0.368. The number of carbonyl (C=O) groups is 1. The lowest BCUT2D eigenvalue weighted by molar-refractivity contribution is 0.106. The average Bonchev–Trinajstić information content (AvgIpc) is 2.69. The minimum Gasteiger partial charge on any atom is -0.493 e. The van der Waals surface area contributed by atoms with Crippen molar-refractivity contribution in [2.45, 2.75) is 18.9 Å². The van der Waals surface area contributed by atoms with E-state index in [-0.39, 0.29) is 12.1 Å². The fourth-order valence-corrected chi connectivity index (χ4v) is 3.20. The number of hydrogen-bond acceptors (Lipinski definition) is 5. The summed E-state index contributed by atoms with van der Waals surface area (Å²) in [4.78, 5) is 18.4. The van der Waals surface area contributed by atoms with Gasteiger partial charge in [0.05, 0.1) is 26.5 Å². The Morgan fingerprint density at radius 2 is 2.11 bits per heavy atom. The molecular weight excluding hydrogens is 370 g/mol. The van der Waals surface area contributed by atoms with Gasteiger partial charge in [0.15, 0.2) is 11.5 Å². The third-order valence-electron chi connectivity index (χ3n) is 4.34. The number of para-hydroxylation sites is 1. The lowest BCUT2D eigenvalue weighted by atomic mass is 10.1. The number of likely N-dealkylation sites (tertiary alicyclic amines) is 1. The zero-order valence-electron chi connectivity index (χ0n) is 15.3. The van der Waals surface area contributed by atoms with Crippen molar-refractivity contribution in [2.75, 3.05) is 32.6 Å². The van der Waals surface area contributed by atoms with Crippen LogP contribution in [0.5, 0.6) is 17.2 Å². The molecule has 1 saturated heterocycles. The van der Waals surface area contributed by atoms with Gasteiger partial charge in [0.25, 0.3) is 0 Å². The van der Waals surface area contributed by atoms with E-state index in [1.165, 1.54) is 7.11 Å². The van der Waals surface area contributed by atoms with Gasteiger partial charge < -0.3 is 24.4 Å². The number of nitrogens with zero attached hydrogens (tertiary/aromatic N) is 2. The molecule has 0 saturated carbocycles. The predicted octanol–water partition coefficient (Wildman–Crippen LogP) is 3.83. The van der Waals surface area contributed by atoms with Gasteiger partial charge in [0.2, 0.25) is 0 Å². The summed E-state index contributed by atoms with van der Waals surface area (Å²) in [6.45, 7) is 1.12. The molecule has 2 heterocycles. The molecule has 2 aromatic rings. The number of pyridine rings is 1. The van der Waals surface area contributed by atoms with Crippen molar-refractivity contribution in [3.63, 3.8) is 0 Å². The summed E-state index contributed by atoms with van der Waals surface area (Å²) in [5.41, 5.74) is 0.557. The van der Waals surface area contributed by atoms with Crippen molar-refractivity contribution >= 4 is 23.3 Å². The highest BCUT2D eigenvalue weighted by Crippen LogP contribution is 2.35. The van der Waals surface area contributed by atoms with Crippen LogP contribution in [0.25, 0.3) is 0 Å². The maximum atomic E-state index is 12.7. The fourth-order valence-electron chi connectivity index (χ4n) is 3.04. The Balaban J connectivity index is 1.66. The minimum atomic E-state index is -0.212. The number of benzene rings is 1. The maximum absolute atomic E-state index is 12.7. The van der Waals surface area contributed by atoms with Crippen LogP contribution < -0.4 is 19.5 Å². The van der Waals surface area contributed by atoms with E-state index in [4.69, 9.17) is 25.8 Å². The van der Waals surface area contributed by atoms with E-state index in [0.29, 0.717) is 41.0 Å². The quantitative estimate of drug-likeness (QED) is 0.838. The van der Waals surface area contributed by atoms with Crippen molar-refractivity contribution < 1.29 is 19.0 Å². The Bertz CT molecular complexity index is 802. The molecule has 0 bridgehead atoms. The van der Waals surface area contributed by atoms with Crippen LogP contribution in [0.4, 0.5) is 10.5 Å². The number of amides is 2. The largest absolute Gasteiger partial charge is 0.493 e. The van der Waals surface area contributed by atoms with E-state index >= 15 is 0 Å². The third kappa shape index (κ3) is 4.54. The van der Waals surface area contributed by atoms with Gasteiger partial charge in [0.1, 0.15) is 16.9 Å². The van der Waals surface area contributed by atoms with Gasteiger partial charge in [-0.25, -0.2) is 4.79 Å². The van der Waals surface area contributed by atoms with Gasteiger partial charge in [-0.2, -0.15) is 0 Å². The molecule has 7 nitrogen and oxygen atoms in total. The van der Waals surface area contributed by atoms with Gasteiger partial charge in [-0.15, -0.1) is 0 Å². The van der Waals surface area contributed by atoms with Gasteiger partial charge in [0, 0.05) is 25.0 Å². The van der Waals surface area contributed by atoms with Gasteiger partial charge >= 0.3 is 6.03 Å². The molecule has 1 atom stereocenters. The van der Waals surface area contributed by atoms with E-state index in [9.17, 15) is 4.79 Å². The number of anilines is 1. The highest BCUT2D eigenvalue weighted by atomic mass is 35.5. The molecule has 1 aromatic heterocycles. The van der Waals surface area contributed by atoms with Gasteiger partial charge in [-0.3, -0.25) is 4.98 Å². The van der Waals surface area contributed by atoms with Crippen LogP contribution in [0, 0.1) is 0 Å². The smallest absolute Gasteiger partial charge is 0.322 e. The highest BCUT2D eigenvalue weighted by molar-refractivity contribution is 6.31. The lowest BCUT2D eigenvalue weighted by Crippen LogP contribution is -2.46. The second-order valence-corrected chi connectivity index (χ2v) is 6.51. The number of methoxy groups -OCH3 is 2. The normalized spacial score (nSPS) is 16.6. The molecule has 1 fully saturated rings. The summed E-state index contributed by atoms with van der Waals surface area (Å²) >= 11 is 6.11. The number of hydrogen-bond donors (Lipinski definition) is 1. The monoisotopic (exact) mass is 391 g/mol. The topological polar surface area (TPSA) is 72.9 Å². The number of carbonyl (C=O) groups excluding carboxylic acids is 1. The summed E-state index contributed by atoms with van der Waals surface area (Å²) in [5.74, 6) is 1.62. The molecule has 1 aliphatic heterocycles. The Morgan fingerprint density at radius 1 is 1.26 bits per heavy atom. The van der Waals surface area contributed by atoms with Crippen LogP contribution >= 0.6 is 11.6 Å². The summed E-state index contributed by atoms with van der Waals surface area (Å²) < 4.78 is 16.6. The number of halogens is 1. The van der Waals surface area contributed by atoms with Crippen LogP contribution in [0.1, 0.15) is 12.8 Å². The van der Waals surface area contributed by atoms with E-state index in [0.717, 1.165) is 12.8 Å². The van der Waals surface area contributed by atoms with Crippen molar-refractivity contribution in [2.24, 2.45) is 0 Å². The second-order valence-electron chi connectivity index (χ2n) is 6.11. The number of piperidine rings is 1. The zero-order chi connectivity index (χ0) is 19.2. The van der Waals surface area contributed by atoms with E-state index in [1.54, 1.807) is 48.7 Å². The predicted molar refractivity (Wildman–Crippen MR) is 103 cm³/mol. The van der Waals surface area contributed by atoms with Gasteiger partial charge in [-0.1, -0.05) is 17.7 Å². The summed E-state index contributed by atoms with van der Waals surface area (Å²) in [5, 5.41) is 3.35. The van der Waals surface area contributed by atoms with Crippen molar-refractivity contribution in [1.29, 1.82) is 0 Å². The van der Waals surface area contributed by atoms with Crippen molar-refractivity contribution in [3.05, 3.63) is 41.7 Å². The molecule has 3 rings (SSSR count). The lowest BCUT2D eigenvalue weighted by Gasteiger charge is -2.33. The number of aromatic nitrogens is 1. The standard InChI is InChI=1S/C19H22ClN3O4/c1-25-17-7-3-6-15(18(17)26-2)22-19(24)23-10-4-5-13(12-23)27-16-8-9-21-11-14(16)20/h3,6-9,11,13H,4-5,10,12H2,1-2H3,(H,22,24). The first-order valence-electron chi connectivity index (χ1n) is 8.65. The SMILES string of the molecule is COc1cccc(NC(=O)N2CCCC(Oc3ccncc3Cl)C2)c1OC. The minimum absolute atomic E-state index is 0.128. The van der Waals surface area contributed by atoms with Crippen LogP contribution in [0.2, 0.25) is 5.02 Å². The molecule has 1 unspecified atom stereocenters. The molecular formula is C19H22ClN3O4. The number of nitrogens with one attached hydrogen (secondary N) is 1. The Hall–Kier alpha value is -2.67.